The predicted molar refractivity (Wildman–Crippen MR) is 101 cm³/mol. The summed E-state index contributed by atoms with van der Waals surface area (Å²) in [7, 11) is 0. The number of hydrogen-bond donors (Lipinski definition) is 0. The minimum Gasteiger partial charge on any atom is -0.485 e. The topological polar surface area (TPSA) is 61.8 Å². The average Bonchev–Trinajstić information content (AvgIpc) is 2.72. The van der Waals surface area contributed by atoms with Crippen LogP contribution >= 0.6 is 0 Å². The fourth-order valence-corrected chi connectivity index (χ4v) is 1.84. The van der Waals surface area contributed by atoms with Crippen LogP contribution in [0.4, 0.5) is 0 Å². The van der Waals surface area contributed by atoms with Gasteiger partial charge in [0.15, 0.2) is 12.4 Å². The number of carbonyl (C=O) groups is 2. The molecule has 0 bridgehead atoms. The molecule has 0 spiro atoms. The van der Waals surface area contributed by atoms with Gasteiger partial charge in [-0.3, -0.25) is 4.79 Å². The largest absolute Gasteiger partial charge is 0.485 e. The molecule has 0 saturated heterocycles. The number of benzene rings is 2. The number of rotatable bonds is 8. The van der Waals surface area contributed by atoms with Crippen LogP contribution in [0.15, 0.2) is 73.8 Å². The minimum atomic E-state index is -0.541. The van der Waals surface area contributed by atoms with Crippen molar-refractivity contribution in [1.29, 1.82) is 0 Å². The van der Waals surface area contributed by atoms with Crippen molar-refractivity contribution >= 4 is 11.8 Å². The Morgan fingerprint density at radius 2 is 1.33 bits per heavy atom. The van der Waals surface area contributed by atoms with Crippen molar-refractivity contribution in [2.75, 3.05) is 13.4 Å². The molecular formula is C22H18O5. The summed E-state index contributed by atoms with van der Waals surface area (Å²) in [5.41, 5.74) is 1.62. The fourth-order valence-electron chi connectivity index (χ4n) is 1.84. The molecule has 2 aromatic carbocycles. The third-order valence-corrected chi connectivity index (χ3v) is 3.26. The number of ether oxygens (including phenoxy) is 3. The van der Waals surface area contributed by atoms with Crippen molar-refractivity contribution in [3.8, 4) is 23.3 Å². The van der Waals surface area contributed by atoms with Gasteiger partial charge >= 0.3 is 5.97 Å². The quantitative estimate of drug-likeness (QED) is 0.312. The number of ketones is 1. The molecule has 2 rings (SSSR count). The van der Waals surface area contributed by atoms with E-state index in [1.807, 2.05) is 12.1 Å². The van der Waals surface area contributed by atoms with Gasteiger partial charge in [0.05, 0.1) is 0 Å². The molecule has 0 aromatic heterocycles. The van der Waals surface area contributed by atoms with Crippen molar-refractivity contribution < 1.29 is 23.8 Å². The third-order valence-electron chi connectivity index (χ3n) is 3.26. The summed E-state index contributed by atoms with van der Waals surface area (Å²) >= 11 is 0. The molecule has 0 atom stereocenters. The highest BCUT2D eigenvalue weighted by molar-refractivity contribution is 5.90. The Hall–Kier alpha value is -3.78. The second-order valence-electron chi connectivity index (χ2n) is 5.19. The van der Waals surface area contributed by atoms with E-state index < -0.39 is 5.97 Å². The summed E-state index contributed by atoms with van der Waals surface area (Å²) in [4.78, 5) is 22.0. The van der Waals surface area contributed by atoms with E-state index in [0.717, 1.165) is 17.2 Å². The molecule has 5 heteroatoms. The van der Waals surface area contributed by atoms with Crippen LogP contribution < -0.4 is 9.47 Å². The lowest BCUT2D eigenvalue weighted by molar-refractivity contribution is -0.144. The summed E-state index contributed by atoms with van der Waals surface area (Å²) in [6, 6.07) is 14.2. The Kier molecular flexibility index (Phi) is 7.43. The lowest BCUT2D eigenvalue weighted by Gasteiger charge is -2.05. The van der Waals surface area contributed by atoms with Crippen LogP contribution in [0.2, 0.25) is 0 Å². The van der Waals surface area contributed by atoms with Gasteiger partial charge in [0, 0.05) is 17.2 Å². The highest BCUT2D eigenvalue weighted by Gasteiger charge is 1.99. The molecule has 0 saturated carbocycles. The molecule has 0 aliphatic rings. The molecule has 0 unspecified atom stereocenters. The van der Waals surface area contributed by atoms with Crippen molar-refractivity contribution in [1.82, 2.24) is 0 Å². The monoisotopic (exact) mass is 362 g/mol. The Morgan fingerprint density at radius 1 is 0.815 bits per heavy atom. The number of esters is 1. The molecule has 0 N–H and O–H groups in total. The molecule has 0 amide bonds. The van der Waals surface area contributed by atoms with E-state index in [9.17, 15) is 9.59 Å². The number of hydrogen-bond acceptors (Lipinski definition) is 5. The van der Waals surface area contributed by atoms with Gasteiger partial charge in [0.25, 0.3) is 0 Å². The maximum absolute atomic E-state index is 11.1. The molecule has 0 radical (unpaired) electrons. The second-order valence-corrected chi connectivity index (χ2v) is 5.19. The van der Waals surface area contributed by atoms with Crippen LogP contribution in [0.5, 0.6) is 11.5 Å². The Morgan fingerprint density at radius 3 is 1.81 bits per heavy atom. The zero-order chi connectivity index (χ0) is 19.5. The van der Waals surface area contributed by atoms with Gasteiger partial charge in [0.2, 0.25) is 6.79 Å². The van der Waals surface area contributed by atoms with Crippen molar-refractivity contribution in [3.05, 3.63) is 85.0 Å². The third kappa shape index (κ3) is 6.92. The van der Waals surface area contributed by atoms with Gasteiger partial charge in [0.1, 0.15) is 11.5 Å². The summed E-state index contributed by atoms with van der Waals surface area (Å²) < 4.78 is 15.3. The summed E-state index contributed by atoms with van der Waals surface area (Å²) in [5, 5.41) is 0. The zero-order valence-electron chi connectivity index (χ0n) is 14.6. The van der Waals surface area contributed by atoms with E-state index in [-0.39, 0.29) is 19.2 Å². The molecule has 0 heterocycles. The standard InChI is InChI=1S/C22H18O5/c1-3-19(23)15-25-20-11-7-17(8-12-20)5-6-18-9-13-21(14-10-18)26-16-27-22(24)4-2/h3-4,7-14H,1-2,15-16H2. The maximum atomic E-state index is 11.1. The first-order chi connectivity index (χ1) is 13.1. The van der Waals surface area contributed by atoms with Gasteiger partial charge in [-0.05, 0) is 54.6 Å². The van der Waals surface area contributed by atoms with Crippen LogP contribution in [0.3, 0.4) is 0 Å². The summed E-state index contributed by atoms with van der Waals surface area (Å²) in [6.45, 7) is 6.48. The molecule has 2 aromatic rings. The molecule has 0 fully saturated rings. The predicted octanol–water partition coefficient (Wildman–Crippen LogP) is 3.29. The minimum absolute atomic E-state index is 0.0320. The number of carbonyl (C=O) groups excluding carboxylic acids is 2. The normalized spacial score (nSPS) is 9.33. The van der Waals surface area contributed by atoms with E-state index in [4.69, 9.17) is 14.2 Å². The van der Waals surface area contributed by atoms with Crippen molar-refractivity contribution in [3.63, 3.8) is 0 Å². The van der Waals surface area contributed by atoms with E-state index in [1.165, 1.54) is 6.08 Å². The first-order valence-electron chi connectivity index (χ1n) is 8.03. The highest BCUT2D eigenvalue weighted by atomic mass is 16.7. The van der Waals surface area contributed by atoms with E-state index in [2.05, 4.69) is 25.0 Å². The molecule has 0 aliphatic carbocycles. The molecular weight excluding hydrogens is 344 g/mol. The summed E-state index contributed by atoms with van der Waals surface area (Å²) in [5.74, 6) is 6.52. The Balaban J connectivity index is 1.89. The first kappa shape index (κ1) is 19.5. The lowest BCUT2D eigenvalue weighted by atomic mass is 10.2. The van der Waals surface area contributed by atoms with Crippen molar-refractivity contribution in [2.24, 2.45) is 0 Å². The fraction of sp³-hybridized carbons (Fsp3) is 0.0909. The zero-order valence-corrected chi connectivity index (χ0v) is 14.6. The Labute approximate surface area is 157 Å². The second kappa shape index (κ2) is 10.3. The summed E-state index contributed by atoms with van der Waals surface area (Å²) in [6.07, 6.45) is 2.30. The smallest absolute Gasteiger partial charge is 0.333 e. The SMILES string of the molecule is C=CC(=O)COc1ccc(C#Cc2ccc(OCOC(=O)C=C)cc2)cc1. The maximum Gasteiger partial charge on any atom is 0.333 e. The molecule has 27 heavy (non-hydrogen) atoms. The van der Waals surface area contributed by atoms with E-state index in [1.54, 1.807) is 36.4 Å². The van der Waals surface area contributed by atoms with Crippen LogP contribution in [0.1, 0.15) is 11.1 Å². The first-order valence-corrected chi connectivity index (χ1v) is 8.03. The lowest BCUT2D eigenvalue weighted by Crippen LogP contribution is -2.07. The van der Waals surface area contributed by atoms with E-state index >= 15 is 0 Å². The molecule has 5 nitrogen and oxygen atoms in total. The van der Waals surface area contributed by atoms with Gasteiger partial charge in [-0.15, -0.1) is 0 Å². The highest BCUT2D eigenvalue weighted by Crippen LogP contribution is 2.13. The molecule has 0 aliphatic heterocycles. The molecule has 136 valence electrons. The van der Waals surface area contributed by atoms with E-state index in [0.29, 0.717) is 11.5 Å². The van der Waals surface area contributed by atoms with Gasteiger partial charge in [-0.25, -0.2) is 4.79 Å². The van der Waals surface area contributed by atoms with Crippen LogP contribution in [-0.4, -0.2) is 25.2 Å². The van der Waals surface area contributed by atoms with Crippen LogP contribution in [0, 0.1) is 11.8 Å². The van der Waals surface area contributed by atoms with Gasteiger partial charge in [-0.2, -0.15) is 0 Å². The van der Waals surface area contributed by atoms with Crippen molar-refractivity contribution in [2.45, 2.75) is 0 Å². The van der Waals surface area contributed by atoms with Crippen LogP contribution in [0.25, 0.3) is 0 Å². The van der Waals surface area contributed by atoms with Gasteiger partial charge in [-0.1, -0.05) is 25.0 Å². The average molecular weight is 362 g/mol. The van der Waals surface area contributed by atoms with Gasteiger partial charge < -0.3 is 14.2 Å². The Bertz CT molecular complexity index is 868. The van der Waals surface area contributed by atoms with Crippen LogP contribution in [-0.2, 0) is 14.3 Å².